The van der Waals surface area contributed by atoms with Gasteiger partial charge in [0.05, 0.1) is 6.61 Å². The van der Waals surface area contributed by atoms with Gasteiger partial charge in [-0.25, -0.2) is 9.59 Å². The summed E-state index contributed by atoms with van der Waals surface area (Å²) in [6, 6.07) is 0. The van der Waals surface area contributed by atoms with Gasteiger partial charge in [0.25, 0.3) is 0 Å². The van der Waals surface area contributed by atoms with Crippen LogP contribution in [0.25, 0.3) is 0 Å². The molecule has 0 aliphatic rings. The van der Waals surface area contributed by atoms with Crippen LogP contribution in [-0.2, 0) is 14.3 Å². The van der Waals surface area contributed by atoms with E-state index in [4.69, 9.17) is 9.84 Å². The Morgan fingerprint density at radius 1 is 1.16 bits per heavy atom. The minimum atomic E-state index is -0.935. The van der Waals surface area contributed by atoms with Crippen LogP contribution in [0.3, 0.4) is 0 Å². The van der Waals surface area contributed by atoms with Crippen LogP contribution >= 0.6 is 0 Å². The molecule has 0 radical (unpaired) electrons. The highest BCUT2D eigenvalue weighted by molar-refractivity contribution is 5.88. The van der Waals surface area contributed by atoms with Crippen LogP contribution in [0.1, 0.15) is 27.7 Å². The lowest BCUT2D eigenvalue weighted by Gasteiger charge is -2.18. The number of aliphatic carboxylic acids is 1. The van der Waals surface area contributed by atoms with Gasteiger partial charge in [-0.1, -0.05) is 27.0 Å². The van der Waals surface area contributed by atoms with Crippen molar-refractivity contribution in [1.29, 1.82) is 0 Å². The van der Waals surface area contributed by atoms with Gasteiger partial charge in [0.15, 0.2) is 0 Å². The van der Waals surface area contributed by atoms with E-state index in [1.54, 1.807) is 6.92 Å². The Hall–Kier alpha value is -1.62. The molecule has 0 aliphatic heterocycles. The molecule has 19 heavy (non-hydrogen) atoms. The highest BCUT2D eigenvalue weighted by Crippen LogP contribution is 1.99. The third kappa shape index (κ3) is 11.2. The second kappa shape index (κ2) is 11.5. The predicted octanol–water partition coefficient (Wildman–Crippen LogP) is 2.09. The van der Waals surface area contributed by atoms with Crippen LogP contribution in [0.15, 0.2) is 24.3 Å². The molecule has 0 spiro atoms. The van der Waals surface area contributed by atoms with Gasteiger partial charge in [-0.2, -0.15) is 0 Å². The highest BCUT2D eigenvalue weighted by atomic mass is 16.5. The first-order valence-corrected chi connectivity index (χ1v) is 6.26. The van der Waals surface area contributed by atoms with Crippen LogP contribution in [0.2, 0.25) is 0 Å². The van der Waals surface area contributed by atoms with Crippen molar-refractivity contribution in [2.24, 2.45) is 0 Å². The van der Waals surface area contributed by atoms with E-state index in [-0.39, 0.29) is 11.5 Å². The smallest absolute Gasteiger partial charge is 0.334 e. The first-order valence-electron chi connectivity index (χ1n) is 6.26. The normalized spacial score (nSPS) is 9.32. The van der Waals surface area contributed by atoms with Crippen molar-refractivity contribution in [3.8, 4) is 0 Å². The number of nitrogens with zero attached hydrogens (tertiary/aromatic N) is 1. The molecular formula is C14H25NO4. The number of carboxylic acids is 1. The van der Waals surface area contributed by atoms with Gasteiger partial charge in [-0.15, -0.1) is 0 Å². The van der Waals surface area contributed by atoms with Crippen molar-refractivity contribution in [3.05, 3.63) is 24.3 Å². The molecule has 0 amide bonds. The Morgan fingerprint density at radius 2 is 1.58 bits per heavy atom. The Bertz CT molecular complexity index is 307. The number of hydrogen-bond donors (Lipinski definition) is 1. The third-order valence-electron chi connectivity index (χ3n) is 2.24. The lowest BCUT2D eigenvalue weighted by Crippen LogP contribution is -2.27. The SMILES string of the molecule is C=C(C)C(=O)O.C=C(CN(CC)CC)C(=O)OCC. The first kappa shape index (κ1) is 19.7. The zero-order valence-corrected chi connectivity index (χ0v) is 12.4. The van der Waals surface area contributed by atoms with E-state index >= 15 is 0 Å². The number of rotatable bonds is 7. The van der Waals surface area contributed by atoms with E-state index in [1.165, 1.54) is 6.92 Å². The molecule has 0 heterocycles. The van der Waals surface area contributed by atoms with Gasteiger partial charge < -0.3 is 9.84 Å². The Labute approximate surface area is 115 Å². The summed E-state index contributed by atoms with van der Waals surface area (Å²) in [6.07, 6.45) is 0. The van der Waals surface area contributed by atoms with Crippen LogP contribution in [0, 0.1) is 0 Å². The molecule has 0 aromatic carbocycles. The van der Waals surface area contributed by atoms with E-state index in [9.17, 15) is 9.59 Å². The molecule has 0 atom stereocenters. The van der Waals surface area contributed by atoms with Gasteiger partial charge in [-0.3, -0.25) is 4.90 Å². The molecule has 0 aliphatic carbocycles. The van der Waals surface area contributed by atoms with Crippen LogP contribution in [0.5, 0.6) is 0 Å². The van der Waals surface area contributed by atoms with Crippen molar-refractivity contribution < 1.29 is 19.4 Å². The Kier molecular flexibility index (Phi) is 11.9. The van der Waals surface area contributed by atoms with Crippen molar-refractivity contribution >= 4 is 11.9 Å². The average Bonchev–Trinajstić information content (AvgIpc) is 2.36. The molecule has 0 saturated carbocycles. The molecular weight excluding hydrogens is 246 g/mol. The van der Waals surface area contributed by atoms with Crippen molar-refractivity contribution in [1.82, 2.24) is 4.90 Å². The number of carbonyl (C=O) groups excluding carboxylic acids is 1. The standard InChI is InChI=1S/C10H19NO2.C4H6O2/c1-5-11(6-2)8-9(4)10(12)13-7-3;1-3(2)4(5)6/h4-8H2,1-3H3;1H2,2H3,(H,5,6). The van der Waals surface area contributed by atoms with Crippen molar-refractivity contribution in [2.45, 2.75) is 27.7 Å². The maximum Gasteiger partial charge on any atom is 0.334 e. The second-order valence-corrected chi connectivity index (χ2v) is 3.87. The monoisotopic (exact) mass is 271 g/mol. The third-order valence-corrected chi connectivity index (χ3v) is 2.24. The van der Waals surface area contributed by atoms with Crippen LogP contribution < -0.4 is 0 Å². The molecule has 1 N–H and O–H groups in total. The molecule has 0 rings (SSSR count). The molecule has 0 fully saturated rings. The summed E-state index contributed by atoms with van der Waals surface area (Å²) >= 11 is 0. The van der Waals surface area contributed by atoms with Gasteiger partial charge >= 0.3 is 11.9 Å². The van der Waals surface area contributed by atoms with E-state index < -0.39 is 5.97 Å². The molecule has 0 bridgehead atoms. The largest absolute Gasteiger partial charge is 0.478 e. The summed E-state index contributed by atoms with van der Waals surface area (Å²) in [5, 5.41) is 7.89. The van der Waals surface area contributed by atoms with E-state index in [1.807, 2.05) is 0 Å². The predicted molar refractivity (Wildman–Crippen MR) is 76.0 cm³/mol. The summed E-state index contributed by atoms with van der Waals surface area (Å²) in [4.78, 5) is 22.9. The molecule has 0 saturated heterocycles. The molecule has 5 nitrogen and oxygen atoms in total. The number of ether oxygens (including phenoxy) is 1. The minimum Gasteiger partial charge on any atom is -0.478 e. The fraction of sp³-hybridized carbons (Fsp3) is 0.571. The number of hydrogen-bond acceptors (Lipinski definition) is 4. The molecule has 0 unspecified atom stereocenters. The van der Waals surface area contributed by atoms with E-state index in [0.717, 1.165) is 13.1 Å². The quantitative estimate of drug-likeness (QED) is 0.567. The van der Waals surface area contributed by atoms with Gasteiger partial charge in [-0.05, 0) is 26.9 Å². The zero-order chi connectivity index (χ0) is 15.4. The molecule has 5 heteroatoms. The van der Waals surface area contributed by atoms with Crippen molar-refractivity contribution in [3.63, 3.8) is 0 Å². The number of carboxylic acid groups (broad SMARTS) is 1. The molecule has 110 valence electrons. The Balaban J connectivity index is 0. The minimum absolute atomic E-state index is 0.176. The van der Waals surface area contributed by atoms with Gasteiger partial charge in [0.2, 0.25) is 0 Å². The summed E-state index contributed by atoms with van der Waals surface area (Å²) in [6.45, 7) is 17.1. The number of carbonyl (C=O) groups is 2. The Morgan fingerprint density at radius 3 is 1.84 bits per heavy atom. The number of likely N-dealkylation sites (N-methyl/N-ethyl adjacent to an activating group) is 1. The fourth-order valence-corrected chi connectivity index (χ4v) is 1.01. The first-order chi connectivity index (χ1) is 8.79. The van der Waals surface area contributed by atoms with Crippen LogP contribution in [-0.4, -0.2) is 48.2 Å². The lowest BCUT2D eigenvalue weighted by atomic mass is 10.3. The van der Waals surface area contributed by atoms with Gasteiger partial charge in [0, 0.05) is 17.7 Å². The maximum atomic E-state index is 11.2. The number of esters is 1. The molecule has 0 aromatic rings. The van der Waals surface area contributed by atoms with E-state index in [0.29, 0.717) is 18.7 Å². The van der Waals surface area contributed by atoms with Gasteiger partial charge in [0.1, 0.15) is 0 Å². The summed E-state index contributed by atoms with van der Waals surface area (Å²) in [5.74, 6) is -1.22. The summed E-state index contributed by atoms with van der Waals surface area (Å²) in [5.41, 5.74) is 0.709. The molecule has 0 aromatic heterocycles. The fourth-order valence-electron chi connectivity index (χ4n) is 1.01. The topological polar surface area (TPSA) is 66.8 Å². The van der Waals surface area contributed by atoms with Crippen molar-refractivity contribution in [2.75, 3.05) is 26.2 Å². The van der Waals surface area contributed by atoms with Crippen LogP contribution in [0.4, 0.5) is 0 Å². The lowest BCUT2D eigenvalue weighted by molar-refractivity contribution is -0.138. The summed E-state index contributed by atoms with van der Waals surface area (Å²) in [7, 11) is 0. The average molecular weight is 271 g/mol. The zero-order valence-electron chi connectivity index (χ0n) is 12.4. The summed E-state index contributed by atoms with van der Waals surface area (Å²) < 4.78 is 4.83. The highest BCUT2D eigenvalue weighted by Gasteiger charge is 2.10. The maximum absolute atomic E-state index is 11.2. The van der Waals surface area contributed by atoms with E-state index in [2.05, 4.69) is 31.9 Å². The second-order valence-electron chi connectivity index (χ2n) is 3.87.